The minimum absolute atomic E-state index is 0.521. The van der Waals surface area contributed by atoms with Crippen molar-refractivity contribution in [2.24, 2.45) is 0 Å². The maximum atomic E-state index is 8.36. The average Bonchev–Trinajstić information content (AvgIpc) is 2.13. The molecule has 2 N–H and O–H groups in total. The Bertz CT molecular complexity index is 210. The molecule has 10 heavy (non-hydrogen) atoms. The standard InChI is InChI=1S/C5H7BO3S/c1-4-2-5(10-3-4)9-6(7)8/h2-3,7-8H,1H3. The first kappa shape index (κ1) is 7.59. The summed E-state index contributed by atoms with van der Waals surface area (Å²) in [7, 11) is -1.71. The second kappa shape index (κ2) is 3.05. The Kier molecular flexibility index (Phi) is 2.31. The molecule has 0 aliphatic heterocycles. The predicted molar refractivity (Wildman–Crippen MR) is 39.9 cm³/mol. The van der Waals surface area contributed by atoms with Gasteiger partial charge in [0.2, 0.25) is 0 Å². The molecule has 1 rings (SSSR count). The van der Waals surface area contributed by atoms with Crippen molar-refractivity contribution in [1.29, 1.82) is 0 Å². The summed E-state index contributed by atoms with van der Waals surface area (Å²) in [6.07, 6.45) is 0. The molecule has 0 aliphatic rings. The summed E-state index contributed by atoms with van der Waals surface area (Å²) in [6, 6.07) is 1.74. The maximum absolute atomic E-state index is 8.36. The lowest BCUT2D eigenvalue weighted by atomic mass is 10.3. The molecule has 0 aromatic carbocycles. The molecular formula is C5H7BO3S. The predicted octanol–water partition coefficient (Wildman–Crippen LogP) is 0.405. The van der Waals surface area contributed by atoms with Gasteiger partial charge in [0.05, 0.1) is 0 Å². The van der Waals surface area contributed by atoms with Crippen LogP contribution in [0.4, 0.5) is 0 Å². The summed E-state index contributed by atoms with van der Waals surface area (Å²) in [5.74, 6) is 0. The third kappa shape index (κ3) is 2.02. The van der Waals surface area contributed by atoms with E-state index < -0.39 is 7.32 Å². The van der Waals surface area contributed by atoms with Crippen LogP contribution in [0.3, 0.4) is 0 Å². The number of aryl methyl sites for hydroxylation is 1. The van der Waals surface area contributed by atoms with E-state index >= 15 is 0 Å². The highest BCUT2D eigenvalue weighted by Gasteiger charge is 2.11. The maximum Gasteiger partial charge on any atom is 0.708 e. The lowest BCUT2D eigenvalue weighted by molar-refractivity contribution is 0.291. The normalized spacial score (nSPS) is 9.50. The van der Waals surface area contributed by atoms with Crippen molar-refractivity contribution in [2.75, 3.05) is 0 Å². The van der Waals surface area contributed by atoms with Gasteiger partial charge in [-0.2, -0.15) is 0 Å². The van der Waals surface area contributed by atoms with Crippen LogP contribution in [-0.4, -0.2) is 17.4 Å². The van der Waals surface area contributed by atoms with Crippen LogP contribution in [0.1, 0.15) is 5.56 Å². The monoisotopic (exact) mass is 158 g/mol. The summed E-state index contributed by atoms with van der Waals surface area (Å²) in [5, 5.41) is 19.1. The molecular weight excluding hydrogens is 151 g/mol. The smallest absolute Gasteiger partial charge is 0.504 e. The second-order valence-electron chi connectivity index (χ2n) is 1.89. The second-order valence-corrected chi connectivity index (χ2v) is 2.76. The fourth-order valence-electron chi connectivity index (χ4n) is 0.571. The zero-order chi connectivity index (χ0) is 7.56. The Morgan fingerprint density at radius 2 is 2.30 bits per heavy atom. The summed E-state index contributed by atoms with van der Waals surface area (Å²) in [6.45, 7) is 1.91. The van der Waals surface area contributed by atoms with Crippen molar-refractivity contribution in [1.82, 2.24) is 0 Å². The van der Waals surface area contributed by atoms with Crippen LogP contribution >= 0.6 is 11.3 Å². The Hall–Kier alpha value is -0.515. The first-order chi connectivity index (χ1) is 4.68. The van der Waals surface area contributed by atoms with Crippen molar-refractivity contribution >= 4 is 18.7 Å². The van der Waals surface area contributed by atoms with Crippen LogP contribution in [0.2, 0.25) is 0 Å². The molecule has 0 saturated carbocycles. The number of thiophene rings is 1. The van der Waals surface area contributed by atoms with Gasteiger partial charge in [0.15, 0.2) is 5.06 Å². The Labute approximate surface area is 63.1 Å². The molecule has 0 atom stereocenters. The quantitative estimate of drug-likeness (QED) is 0.612. The van der Waals surface area contributed by atoms with E-state index in [2.05, 4.69) is 4.65 Å². The van der Waals surface area contributed by atoms with E-state index in [1.165, 1.54) is 11.3 Å². The zero-order valence-corrected chi connectivity index (χ0v) is 6.26. The fraction of sp³-hybridized carbons (Fsp3) is 0.200. The molecule has 3 nitrogen and oxygen atoms in total. The van der Waals surface area contributed by atoms with E-state index in [0.29, 0.717) is 5.06 Å². The highest BCUT2D eigenvalue weighted by molar-refractivity contribution is 7.12. The van der Waals surface area contributed by atoms with Gasteiger partial charge in [-0.05, 0) is 23.9 Å². The van der Waals surface area contributed by atoms with Gasteiger partial charge in [-0.25, -0.2) is 0 Å². The van der Waals surface area contributed by atoms with Gasteiger partial charge in [0.25, 0.3) is 0 Å². The first-order valence-corrected chi connectivity index (χ1v) is 3.64. The number of hydrogen-bond donors (Lipinski definition) is 2. The van der Waals surface area contributed by atoms with Crippen molar-refractivity contribution in [3.63, 3.8) is 0 Å². The molecule has 0 fully saturated rings. The summed E-state index contributed by atoms with van der Waals surface area (Å²) >= 11 is 1.34. The van der Waals surface area contributed by atoms with Gasteiger partial charge in [-0.15, -0.1) is 11.3 Å². The Balaban J connectivity index is 2.58. The summed E-state index contributed by atoms with van der Waals surface area (Å²) < 4.78 is 4.56. The lowest BCUT2D eigenvalue weighted by Gasteiger charge is -1.97. The molecule has 54 valence electrons. The fourth-order valence-corrected chi connectivity index (χ4v) is 1.34. The number of rotatable bonds is 2. The van der Waals surface area contributed by atoms with E-state index in [1.54, 1.807) is 6.07 Å². The lowest BCUT2D eigenvalue weighted by Crippen LogP contribution is -2.19. The van der Waals surface area contributed by atoms with Crippen LogP contribution in [-0.2, 0) is 0 Å². The van der Waals surface area contributed by atoms with Gasteiger partial charge in [-0.3, -0.25) is 0 Å². The van der Waals surface area contributed by atoms with Crippen molar-refractivity contribution in [3.8, 4) is 5.06 Å². The third-order valence-corrected chi connectivity index (χ3v) is 1.86. The molecule has 0 unspecified atom stereocenters. The van der Waals surface area contributed by atoms with Crippen molar-refractivity contribution < 1.29 is 14.7 Å². The summed E-state index contributed by atoms with van der Waals surface area (Å²) in [5.41, 5.74) is 1.06. The van der Waals surface area contributed by atoms with Crippen LogP contribution in [0.15, 0.2) is 11.4 Å². The topological polar surface area (TPSA) is 49.7 Å². The Morgan fingerprint density at radius 3 is 2.70 bits per heavy atom. The highest BCUT2D eigenvalue weighted by Crippen LogP contribution is 2.21. The molecule has 0 saturated heterocycles. The Morgan fingerprint density at radius 1 is 1.60 bits per heavy atom. The van der Waals surface area contributed by atoms with E-state index in [1.807, 2.05) is 12.3 Å². The van der Waals surface area contributed by atoms with Gasteiger partial charge in [-0.1, -0.05) is 0 Å². The van der Waals surface area contributed by atoms with Gasteiger partial charge < -0.3 is 14.7 Å². The molecule has 1 aromatic heterocycles. The first-order valence-electron chi connectivity index (χ1n) is 2.76. The van der Waals surface area contributed by atoms with E-state index in [-0.39, 0.29) is 0 Å². The van der Waals surface area contributed by atoms with Crippen LogP contribution in [0.25, 0.3) is 0 Å². The average molecular weight is 158 g/mol. The molecule has 0 amide bonds. The minimum Gasteiger partial charge on any atom is -0.504 e. The molecule has 0 bridgehead atoms. The highest BCUT2D eigenvalue weighted by atomic mass is 32.1. The summed E-state index contributed by atoms with van der Waals surface area (Å²) in [4.78, 5) is 0. The molecule has 5 heteroatoms. The molecule has 0 radical (unpaired) electrons. The largest absolute Gasteiger partial charge is 0.708 e. The van der Waals surface area contributed by atoms with Gasteiger partial charge in [0, 0.05) is 0 Å². The number of hydrogen-bond acceptors (Lipinski definition) is 4. The van der Waals surface area contributed by atoms with Crippen molar-refractivity contribution in [3.05, 3.63) is 17.0 Å². The van der Waals surface area contributed by atoms with E-state index in [0.717, 1.165) is 5.56 Å². The van der Waals surface area contributed by atoms with Crippen molar-refractivity contribution in [2.45, 2.75) is 6.92 Å². The molecule has 0 spiro atoms. The van der Waals surface area contributed by atoms with E-state index in [9.17, 15) is 0 Å². The van der Waals surface area contributed by atoms with Gasteiger partial charge in [0.1, 0.15) is 0 Å². The van der Waals surface area contributed by atoms with Crippen LogP contribution in [0.5, 0.6) is 5.06 Å². The van der Waals surface area contributed by atoms with E-state index in [4.69, 9.17) is 10.0 Å². The molecule has 0 aliphatic carbocycles. The SMILES string of the molecule is Cc1csc(OB(O)O)c1. The zero-order valence-electron chi connectivity index (χ0n) is 5.44. The molecule has 1 heterocycles. The molecule has 1 aromatic rings. The third-order valence-electron chi connectivity index (χ3n) is 0.928. The minimum atomic E-state index is -1.71. The van der Waals surface area contributed by atoms with Crippen LogP contribution < -0.4 is 4.65 Å². The van der Waals surface area contributed by atoms with Gasteiger partial charge >= 0.3 is 7.32 Å². The van der Waals surface area contributed by atoms with Crippen LogP contribution in [0, 0.1) is 6.92 Å².